The first-order valence-electron chi connectivity index (χ1n) is 15.9. The summed E-state index contributed by atoms with van der Waals surface area (Å²) in [5.74, 6) is 0.699. The first-order chi connectivity index (χ1) is 24.4. The van der Waals surface area contributed by atoms with Gasteiger partial charge in [0.1, 0.15) is 23.3 Å². The maximum atomic E-state index is 14.2. The minimum Gasteiger partial charge on any atom is -0.334 e. The van der Waals surface area contributed by atoms with Gasteiger partial charge in [-0.1, -0.05) is 24.3 Å². The van der Waals surface area contributed by atoms with Crippen LogP contribution in [0.4, 0.5) is 8.78 Å². The van der Waals surface area contributed by atoms with Crippen molar-refractivity contribution in [2.45, 2.75) is 0 Å². The zero-order valence-corrected chi connectivity index (χ0v) is 26.9. The van der Waals surface area contributed by atoms with Crippen molar-refractivity contribution in [3.63, 3.8) is 0 Å². The average Bonchev–Trinajstić information content (AvgIpc) is 3.97. The SMILES string of the molecule is Cn1ccnc1C1=C2C=CC(=N2)C(c2ccc(F)cc2)=C2C=CC(=N2)C(c2nccn2C)=C2C=CC(=N2)C(c2ccc(F)cc2)=C2C=CC1=N2. The van der Waals surface area contributed by atoms with Gasteiger partial charge in [0.05, 0.1) is 56.8 Å². The number of allylic oxidation sites excluding steroid dienone is 12. The Morgan fingerprint density at radius 3 is 1.06 bits per heavy atom. The van der Waals surface area contributed by atoms with Gasteiger partial charge in [0.2, 0.25) is 0 Å². The van der Waals surface area contributed by atoms with Crippen LogP contribution >= 0.6 is 0 Å². The van der Waals surface area contributed by atoms with Gasteiger partial charge in [-0.25, -0.2) is 38.7 Å². The van der Waals surface area contributed by atoms with Crippen LogP contribution in [0.15, 0.2) is 165 Å². The summed E-state index contributed by atoms with van der Waals surface area (Å²) >= 11 is 0. The smallest absolute Gasteiger partial charge is 0.144 e. The molecule has 0 aliphatic carbocycles. The maximum Gasteiger partial charge on any atom is 0.144 e. The molecular weight excluding hydrogens is 630 g/mol. The molecule has 5 aliphatic heterocycles. The van der Waals surface area contributed by atoms with E-state index in [1.54, 1.807) is 36.7 Å². The predicted octanol–water partition coefficient (Wildman–Crippen LogP) is 7.43. The number of imidazole rings is 2. The van der Waals surface area contributed by atoms with Gasteiger partial charge in [-0.15, -0.1) is 0 Å². The normalized spacial score (nSPS) is 17.8. The molecule has 2 aromatic heterocycles. The van der Waals surface area contributed by atoms with E-state index in [2.05, 4.69) is 9.97 Å². The van der Waals surface area contributed by atoms with Gasteiger partial charge in [0.15, 0.2) is 0 Å². The highest BCUT2D eigenvalue weighted by Gasteiger charge is 2.29. The quantitative estimate of drug-likeness (QED) is 0.229. The van der Waals surface area contributed by atoms with Gasteiger partial charge < -0.3 is 9.13 Å². The Bertz CT molecular complexity index is 2360. The molecule has 5 aliphatic rings. The van der Waals surface area contributed by atoms with Gasteiger partial charge in [-0.2, -0.15) is 0 Å². The lowest BCUT2D eigenvalue weighted by molar-refractivity contribution is 0.627. The summed E-state index contributed by atoms with van der Waals surface area (Å²) < 4.78 is 32.2. The van der Waals surface area contributed by atoms with E-state index in [0.29, 0.717) is 57.3 Å². The van der Waals surface area contributed by atoms with E-state index in [1.807, 2.05) is 84.2 Å². The third kappa shape index (κ3) is 4.88. The molecule has 50 heavy (non-hydrogen) atoms. The number of aryl methyl sites for hydroxylation is 2. The molecule has 0 N–H and O–H groups in total. The molecule has 0 atom stereocenters. The van der Waals surface area contributed by atoms with E-state index in [-0.39, 0.29) is 11.6 Å². The molecule has 0 saturated carbocycles. The Kier molecular flexibility index (Phi) is 6.77. The summed E-state index contributed by atoms with van der Waals surface area (Å²) in [6.45, 7) is 0. The summed E-state index contributed by atoms with van der Waals surface area (Å²) in [5.41, 5.74) is 9.77. The van der Waals surface area contributed by atoms with Crippen LogP contribution in [0.5, 0.6) is 0 Å². The largest absolute Gasteiger partial charge is 0.334 e. The molecule has 4 aromatic rings. The molecule has 10 heteroatoms. The number of nitrogens with zero attached hydrogens (tertiary/aromatic N) is 8. The number of halogens is 2. The van der Waals surface area contributed by atoms with Crippen molar-refractivity contribution in [3.05, 3.63) is 179 Å². The van der Waals surface area contributed by atoms with Crippen molar-refractivity contribution in [2.75, 3.05) is 0 Å². The van der Waals surface area contributed by atoms with Crippen molar-refractivity contribution in [1.82, 2.24) is 19.1 Å². The molecule has 8 bridgehead atoms. The maximum absolute atomic E-state index is 14.2. The van der Waals surface area contributed by atoms with Crippen molar-refractivity contribution in [2.24, 2.45) is 34.1 Å². The van der Waals surface area contributed by atoms with Gasteiger partial charge in [0.25, 0.3) is 0 Å². The van der Waals surface area contributed by atoms with Crippen molar-refractivity contribution < 1.29 is 8.78 Å². The number of aliphatic imine (C=N–C) groups is 4. The van der Waals surface area contributed by atoms with Crippen LogP contribution in [0.25, 0.3) is 22.3 Å². The molecule has 7 heterocycles. The summed E-state index contributed by atoms with van der Waals surface area (Å²) in [7, 11) is 3.85. The topological polar surface area (TPSA) is 85.1 Å². The highest BCUT2D eigenvalue weighted by atomic mass is 19.1. The van der Waals surface area contributed by atoms with E-state index in [0.717, 1.165) is 33.4 Å². The number of benzene rings is 2. The standard InChI is InChI=1S/C40H26F2N8/c1-49-21-19-43-39(49)37-31-15-11-27(45-31)35(23-3-7-25(41)8-4-23)29-13-17-33(47-29)38(40-44-20-22-50(40)2)34-18-14-30(48-34)36(28-12-16-32(37)46-28)24-5-9-26(42)10-6-24/h3-22H,1-2H3. The molecule has 0 unspecified atom stereocenters. The van der Waals surface area contributed by atoms with Crippen LogP contribution in [-0.2, 0) is 14.1 Å². The van der Waals surface area contributed by atoms with Gasteiger partial charge in [0, 0.05) is 50.0 Å². The van der Waals surface area contributed by atoms with Gasteiger partial charge in [-0.05, 0) is 84.0 Å². The second-order valence-electron chi connectivity index (χ2n) is 12.1. The summed E-state index contributed by atoms with van der Waals surface area (Å²) in [4.78, 5) is 30.0. The molecule has 0 fully saturated rings. The predicted molar refractivity (Wildman–Crippen MR) is 193 cm³/mol. The second kappa shape index (κ2) is 11.5. The fourth-order valence-electron chi connectivity index (χ4n) is 6.58. The third-order valence-corrected chi connectivity index (χ3v) is 8.96. The van der Waals surface area contributed by atoms with Gasteiger partial charge in [-0.3, -0.25) is 0 Å². The van der Waals surface area contributed by atoms with Gasteiger partial charge >= 0.3 is 0 Å². The molecular formula is C40H26F2N8. The number of rotatable bonds is 4. The molecule has 240 valence electrons. The van der Waals surface area contributed by atoms with E-state index in [1.165, 1.54) is 24.3 Å². The lowest BCUT2D eigenvalue weighted by atomic mass is 9.99. The summed E-state index contributed by atoms with van der Waals surface area (Å²) in [5, 5.41) is 0. The Labute approximate surface area is 285 Å². The average molecular weight is 657 g/mol. The summed E-state index contributed by atoms with van der Waals surface area (Å²) in [6.07, 6.45) is 22.8. The lowest BCUT2D eigenvalue weighted by Crippen LogP contribution is -2.07. The molecule has 2 aromatic carbocycles. The Morgan fingerprint density at radius 2 is 0.740 bits per heavy atom. The highest BCUT2D eigenvalue weighted by Crippen LogP contribution is 2.38. The second-order valence-corrected chi connectivity index (χ2v) is 12.1. The van der Waals surface area contributed by atoms with Crippen molar-refractivity contribution in [1.29, 1.82) is 0 Å². The highest BCUT2D eigenvalue weighted by molar-refractivity contribution is 6.39. The van der Waals surface area contributed by atoms with Crippen molar-refractivity contribution in [3.8, 4) is 0 Å². The molecule has 0 radical (unpaired) electrons. The van der Waals surface area contributed by atoms with Crippen LogP contribution < -0.4 is 0 Å². The molecule has 0 amide bonds. The molecule has 9 rings (SSSR count). The third-order valence-electron chi connectivity index (χ3n) is 8.96. The summed E-state index contributed by atoms with van der Waals surface area (Å²) in [6, 6.07) is 12.7. The minimum atomic E-state index is -0.335. The Hall–Kier alpha value is -6.68. The first kappa shape index (κ1) is 29.5. The number of hydrogen-bond acceptors (Lipinski definition) is 6. The van der Waals surface area contributed by atoms with Crippen LogP contribution in [0.1, 0.15) is 22.8 Å². The first-order valence-corrected chi connectivity index (χ1v) is 15.9. The van der Waals surface area contributed by atoms with Crippen LogP contribution in [0.3, 0.4) is 0 Å². The van der Waals surface area contributed by atoms with Crippen LogP contribution in [-0.4, -0.2) is 41.9 Å². The monoisotopic (exact) mass is 656 g/mol. The van der Waals surface area contributed by atoms with E-state index < -0.39 is 0 Å². The fourth-order valence-corrected chi connectivity index (χ4v) is 6.58. The van der Waals surface area contributed by atoms with Crippen LogP contribution in [0.2, 0.25) is 0 Å². The Morgan fingerprint density at radius 1 is 0.420 bits per heavy atom. The van der Waals surface area contributed by atoms with E-state index >= 15 is 0 Å². The zero-order chi connectivity index (χ0) is 33.9. The van der Waals surface area contributed by atoms with Crippen LogP contribution in [0, 0.1) is 11.6 Å². The number of hydrogen-bond donors (Lipinski definition) is 0. The number of fused-ring (bicyclic) bond motifs is 4. The fraction of sp³-hybridized carbons (Fsp3) is 0.0500. The molecule has 8 nitrogen and oxygen atoms in total. The zero-order valence-electron chi connectivity index (χ0n) is 26.9. The number of aromatic nitrogens is 4. The molecule has 0 spiro atoms. The molecule has 0 saturated heterocycles. The van der Waals surface area contributed by atoms with E-state index in [4.69, 9.17) is 20.0 Å². The minimum absolute atomic E-state index is 0.335. The lowest BCUT2D eigenvalue weighted by Gasteiger charge is -2.12. The Balaban J connectivity index is 1.38. The van der Waals surface area contributed by atoms with Crippen molar-refractivity contribution >= 4 is 45.1 Å². The van der Waals surface area contributed by atoms with E-state index in [9.17, 15) is 8.78 Å².